The van der Waals surface area contributed by atoms with Gasteiger partial charge in [0.2, 0.25) is 0 Å². The number of nitrogens with zero attached hydrogens (tertiary/aromatic N) is 7. The highest BCUT2D eigenvalue weighted by Crippen LogP contribution is 2.39. The van der Waals surface area contributed by atoms with E-state index in [2.05, 4.69) is 57.2 Å². The number of imidazole rings is 1. The summed E-state index contributed by atoms with van der Waals surface area (Å²) in [5, 5.41) is 114. The van der Waals surface area contributed by atoms with E-state index in [4.69, 9.17) is 5.21 Å². The Morgan fingerprint density at radius 1 is 0.406 bits per heavy atom. The van der Waals surface area contributed by atoms with E-state index in [-0.39, 0.29) is 50.2 Å². The van der Waals surface area contributed by atoms with Crippen LogP contribution in [-0.2, 0) is 84.2 Å². The summed E-state index contributed by atoms with van der Waals surface area (Å²) in [4.78, 5) is 129. The first-order valence-electron chi connectivity index (χ1n) is 46.5. The number of anilines is 1. The number of carbonyl (C=O) groups excluding carboxylic acids is 9. The van der Waals surface area contributed by atoms with Crippen molar-refractivity contribution in [2.75, 3.05) is 25.0 Å². The Kier molecular flexibility index (Phi) is 35.9. The number of likely N-dealkylation sites (tertiary alicyclic amines) is 3. The molecule has 738 valence electrons. The summed E-state index contributed by atoms with van der Waals surface area (Å²) in [5.41, 5.74) is 14.5. The van der Waals surface area contributed by atoms with Crippen LogP contribution in [0.15, 0.2) is 305 Å². The number of nitrogens with one attached hydrogen (secondary N) is 5. The molecule has 4 aliphatic rings. The standard InChI is InChI=1S/C32H31N3O5S.C26H27N3O5S.C25H25BrN2O4S.C25H24N4O4S/c36-27(28(37)32(40)35-18-7-12-26(35)23-8-3-1-4-9-23)30(38)33-20-21-13-15-22(16-14-21)25-17-19-41-29(25)31(39)34-24-10-5-2-6-11-24;30-23(24(31)26(33)29-13-4-7-21(29)19-5-2-1-3-6-19)25(32)27-15-17-8-10-18(11-9-17)20-12-14-35-22(20)16-28-34;26-19-12-14-33-23(19)18-10-8-16(9-11-18)15-27-24(31)21(29)22(30)25(32)28-13-4-7-20(28)17-5-2-1-3-6-17;30-22(23(31)25(33)28-12-16-5-1-2-6-17(16)13-28)24(32)26-11-18-9-10-19(34-18)14-29-15-27-20-7-3-4-8-21(20)29/h1-6,8-11,13-17,19,26-28,36-37H,7,12,18,20H2,(H,33,38)(H,34,39);1-3,5-6,8-12,14,16,21,23-24,30-31,34H,4,7,13,15H2,(H,27,32);1-3,5-6,8-12,14,20-22,29-30H,4,7,13,15H2,(H,27,31);1-10,15,22-23,30-31H,11-14H2,(H,26,32)/b;28-16+;;/t26-,27-,28-;21-,23-,24-;20-,21-,22-;22-,23-/m1111/s1. The zero-order valence-electron chi connectivity index (χ0n) is 77.4. The van der Waals surface area contributed by atoms with E-state index >= 15 is 0 Å². The number of halogens is 1. The molecular weight excluding hydrogens is 1960 g/mol. The van der Waals surface area contributed by atoms with Crippen molar-refractivity contribution in [1.29, 1.82) is 0 Å². The molecule has 35 heteroatoms. The van der Waals surface area contributed by atoms with E-state index < -0.39 is 96.1 Å². The van der Waals surface area contributed by atoms with E-state index in [0.29, 0.717) is 49.8 Å². The van der Waals surface area contributed by atoms with Crippen LogP contribution in [0.25, 0.3) is 43.7 Å². The van der Waals surface area contributed by atoms with Gasteiger partial charge in [0.05, 0.1) is 64.5 Å². The molecule has 3 saturated heterocycles. The molecule has 9 heterocycles. The minimum absolute atomic E-state index is 0.0957. The molecule has 143 heavy (non-hydrogen) atoms. The van der Waals surface area contributed by atoms with E-state index in [0.717, 1.165) is 146 Å². The maximum absolute atomic E-state index is 13.0. The van der Waals surface area contributed by atoms with Crippen molar-refractivity contribution in [3.05, 3.63) is 364 Å². The van der Waals surface area contributed by atoms with Gasteiger partial charge in [-0.3, -0.25) is 43.2 Å². The number of rotatable bonds is 31. The number of thiophene rings is 4. The Morgan fingerprint density at radius 2 is 0.797 bits per heavy atom. The lowest BCUT2D eigenvalue weighted by Crippen LogP contribution is -2.50. The second kappa shape index (κ2) is 49.7. The van der Waals surface area contributed by atoms with E-state index in [1.807, 2.05) is 289 Å². The van der Waals surface area contributed by atoms with Gasteiger partial charge in [0.25, 0.3) is 53.2 Å². The van der Waals surface area contributed by atoms with Gasteiger partial charge < -0.3 is 96.8 Å². The normalized spacial score (nSPS) is 16.4. The van der Waals surface area contributed by atoms with Crippen molar-refractivity contribution in [2.45, 2.75) is 151 Å². The molecule has 0 unspecified atom stereocenters. The van der Waals surface area contributed by atoms with Crippen LogP contribution in [0.3, 0.4) is 0 Å². The molecule has 0 spiro atoms. The second-order valence-electron chi connectivity index (χ2n) is 34.5. The van der Waals surface area contributed by atoms with Gasteiger partial charge in [0.15, 0.2) is 48.8 Å². The Balaban J connectivity index is 0.000000144. The monoisotopic (exact) mass is 2070 g/mol. The third-order valence-electron chi connectivity index (χ3n) is 25.1. The number of aliphatic hydroxyl groups excluding tert-OH is 8. The molecule has 18 rings (SSSR count). The summed E-state index contributed by atoms with van der Waals surface area (Å²) in [6, 6.07) is 85.1. The molecule has 9 aromatic carbocycles. The van der Waals surface area contributed by atoms with Crippen LogP contribution in [0.1, 0.15) is 125 Å². The third kappa shape index (κ3) is 26.2. The zero-order chi connectivity index (χ0) is 101. The quantitative estimate of drug-likeness (QED) is 0.0109. The van der Waals surface area contributed by atoms with Crippen molar-refractivity contribution in [3.8, 4) is 32.7 Å². The Morgan fingerprint density at radius 3 is 1.25 bits per heavy atom. The van der Waals surface area contributed by atoms with Gasteiger partial charge in [0, 0.05) is 88.3 Å². The largest absolute Gasteiger partial charge is 0.411 e. The van der Waals surface area contributed by atoms with Gasteiger partial charge in [-0.1, -0.05) is 224 Å². The molecule has 0 aliphatic carbocycles. The van der Waals surface area contributed by atoms with Crippen LogP contribution < -0.4 is 26.6 Å². The molecule has 30 nitrogen and oxygen atoms in total. The minimum atomic E-state index is -1.89. The zero-order valence-corrected chi connectivity index (χ0v) is 82.2. The highest BCUT2D eigenvalue weighted by Gasteiger charge is 2.43. The second-order valence-corrected chi connectivity index (χ2v) is 39.4. The molecule has 9 amide bonds. The molecule has 4 aliphatic heterocycles. The van der Waals surface area contributed by atoms with Gasteiger partial charge in [-0.2, -0.15) is 0 Å². The highest BCUT2D eigenvalue weighted by molar-refractivity contribution is 9.10. The average molecular weight is 2070 g/mol. The first-order chi connectivity index (χ1) is 69.4. The predicted octanol–water partition coefficient (Wildman–Crippen LogP) is 13.2. The number of benzene rings is 9. The molecule has 3 fully saturated rings. The summed E-state index contributed by atoms with van der Waals surface area (Å²) >= 11 is 9.50. The average Bonchev–Trinajstić information content (AvgIpc) is 1.60. The number of aliphatic hydroxyl groups is 8. The van der Waals surface area contributed by atoms with Crippen LogP contribution in [0.5, 0.6) is 0 Å². The van der Waals surface area contributed by atoms with Crippen LogP contribution in [0.2, 0.25) is 0 Å². The SMILES string of the molecule is O=C(NCc1ccc(-c2ccsc2/C=N/O)cc1)[C@H](O)[C@@H](O)C(=O)N1CCC[C@@H]1c1ccccc1.O=C(NCc1ccc(-c2sccc2Br)cc1)[C@H](O)[C@@H](O)C(=O)N1CCC[C@@H]1c1ccccc1.O=C(NCc1ccc(Cn2cnc3ccccc32)s1)[C@H](O)[C@@H](O)C(=O)N1Cc2ccccc2C1.O=C(Nc1ccccc1)c1sccc1-c1ccc(CNC(=O)[C@H](O)[C@@H](O)C(=O)N2CCC[C@@H]2c2ccccc2)cc1. The highest BCUT2D eigenvalue weighted by atomic mass is 79.9. The molecule has 0 saturated carbocycles. The Hall–Kier alpha value is -13.9. The number of hydrogen-bond acceptors (Lipinski definition) is 24. The summed E-state index contributed by atoms with van der Waals surface area (Å²) in [6.07, 6.45) is -6.91. The lowest BCUT2D eigenvalue weighted by atomic mass is 10.0. The maximum atomic E-state index is 13.0. The van der Waals surface area contributed by atoms with Gasteiger partial charge in [-0.15, -0.1) is 45.3 Å². The lowest BCUT2D eigenvalue weighted by molar-refractivity contribution is -0.153. The van der Waals surface area contributed by atoms with Crippen molar-refractivity contribution in [3.63, 3.8) is 0 Å². The van der Waals surface area contributed by atoms with Gasteiger partial charge in [0.1, 0.15) is 0 Å². The number of amides is 9. The third-order valence-corrected chi connectivity index (χ3v) is 29.9. The van der Waals surface area contributed by atoms with Crippen LogP contribution in [0.4, 0.5) is 5.69 Å². The Bertz CT molecular complexity index is 6690. The maximum Gasteiger partial charge on any atom is 0.266 e. The van der Waals surface area contributed by atoms with Crippen molar-refractivity contribution in [2.24, 2.45) is 5.16 Å². The van der Waals surface area contributed by atoms with E-state index in [1.165, 1.54) is 54.9 Å². The van der Waals surface area contributed by atoms with Crippen LogP contribution >= 0.6 is 61.3 Å². The summed E-state index contributed by atoms with van der Waals surface area (Å²) in [6.45, 7) is 3.36. The van der Waals surface area contributed by atoms with Gasteiger partial charge >= 0.3 is 0 Å². The summed E-state index contributed by atoms with van der Waals surface area (Å²) in [5.74, 6) is -6.01. The molecule has 14 N–H and O–H groups in total. The smallest absolute Gasteiger partial charge is 0.266 e. The number of hydrogen-bond donors (Lipinski definition) is 14. The van der Waals surface area contributed by atoms with Crippen molar-refractivity contribution < 1.29 is 89.2 Å². The number of fused-ring (bicyclic) bond motifs is 2. The topological polar surface area (TPSA) is 439 Å². The number of oxime groups is 1. The molecular formula is C108H107BrN12O18S4. The van der Waals surface area contributed by atoms with Crippen molar-refractivity contribution >= 4 is 137 Å². The van der Waals surface area contributed by atoms with E-state index in [1.54, 1.807) is 22.6 Å². The van der Waals surface area contributed by atoms with Crippen molar-refractivity contribution in [1.82, 2.24) is 50.4 Å². The van der Waals surface area contributed by atoms with Crippen LogP contribution in [0, 0.1) is 0 Å². The fraction of sp³-hybridized carbons (Fsp3) is 0.250. The number of carbonyl (C=O) groups is 9. The predicted molar refractivity (Wildman–Crippen MR) is 550 cm³/mol. The lowest BCUT2D eigenvalue weighted by Gasteiger charge is -2.28. The van der Waals surface area contributed by atoms with Gasteiger partial charge in [-0.05, 0) is 186 Å². The molecule has 14 aromatic rings. The minimum Gasteiger partial charge on any atom is -0.411 e. The molecule has 0 bridgehead atoms. The first kappa shape index (κ1) is 103. The fourth-order valence-corrected chi connectivity index (χ4v) is 21.7. The van der Waals surface area contributed by atoms with Gasteiger partial charge in [-0.25, -0.2) is 4.98 Å². The molecule has 0 radical (unpaired) electrons. The van der Waals surface area contributed by atoms with Crippen LogP contribution in [-0.4, -0.2) is 203 Å². The molecule has 11 atom stereocenters. The molecule has 5 aromatic heterocycles. The summed E-state index contributed by atoms with van der Waals surface area (Å²) in [7, 11) is 0. The van der Waals surface area contributed by atoms with E-state index in [9.17, 15) is 84.0 Å². The summed E-state index contributed by atoms with van der Waals surface area (Å²) < 4.78 is 3.09. The number of para-hydroxylation sites is 3. The first-order valence-corrected chi connectivity index (χ1v) is 50.8. The fourth-order valence-electron chi connectivity index (χ4n) is 17.5. The number of aromatic nitrogens is 2. The Labute approximate surface area is 849 Å².